The average molecular weight is 448 g/mol. The highest BCUT2D eigenvalue weighted by Crippen LogP contribution is 2.34. The third kappa shape index (κ3) is 4.37. The minimum Gasteiger partial charge on any atom is -0.492 e. The van der Waals surface area contributed by atoms with Gasteiger partial charge in [0.1, 0.15) is 18.0 Å². The molecule has 32 heavy (non-hydrogen) atoms. The number of carbonyl (C=O) groups excluding carboxylic acids is 1. The van der Waals surface area contributed by atoms with E-state index in [-0.39, 0.29) is 0 Å². The van der Waals surface area contributed by atoms with Crippen LogP contribution in [-0.4, -0.2) is 52.4 Å². The molecule has 8 heteroatoms. The number of aromatic nitrogens is 3. The van der Waals surface area contributed by atoms with Gasteiger partial charge in [-0.1, -0.05) is 0 Å². The molecule has 0 aliphatic carbocycles. The van der Waals surface area contributed by atoms with Crippen LogP contribution in [0.2, 0.25) is 0 Å². The summed E-state index contributed by atoms with van der Waals surface area (Å²) in [5.41, 5.74) is 3.39. The summed E-state index contributed by atoms with van der Waals surface area (Å²) >= 11 is 1.44. The number of aryl methyl sites for hydroxylation is 1. The first kappa shape index (κ1) is 20.7. The number of carbonyl (C=O) groups is 1. The molecule has 4 heterocycles. The first-order valence-corrected chi connectivity index (χ1v) is 11.6. The average Bonchev–Trinajstić information content (AvgIpc) is 3.55. The summed E-state index contributed by atoms with van der Waals surface area (Å²) in [4.78, 5) is 27.9. The molecule has 1 fully saturated rings. The van der Waals surface area contributed by atoms with Crippen LogP contribution in [-0.2, 0) is 0 Å². The van der Waals surface area contributed by atoms with Crippen LogP contribution < -0.4 is 10.1 Å². The minimum absolute atomic E-state index is 0.497. The van der Waals surface area contributed by atoms with E-state index in [2.05, 4.69) is 20.2 Å². The number of fused-ring (bicyclic) bond motifs is 1. The molecule has 0 amide bonds. The third-order valence-corrected chi connectivity index (χ3v) is 6.87. The number of hydrogen-bond donors (Lipinski definition) is 2. The van der Waals surface area contributed by atoms with Crippen LogP contribution in [0.3, 0.4) is 0 Å². The predicted octanol–water partition coefficient (Wildman–Crippen LogP) is 5.03. The Labute approximate surface area is 190 Å². The Kier molecular flexibility index (Phi) is 5.87. The second kappa shape index (κ2) is 9.10. The smallest absolute Gasteiger partial charge is 0.229 e. The van der Waals surface area contributed by atoms with Gasteiger partial charge in [-0.2, -0.15) is 4.98 Å². The number of H-pyrrole nitrogens is 1. The first-order valence-electron chi connectivity index (χ1n) is 10.8. The molecule has 164 valence electrons. The fourth-order valence-electron chi connectivity index (χ4n) is 3.98. The van der Waals surface area contributed by atoms with E-state index in [4.69, 9.17) is 9.72 Å². The molecule has 0 radical (unpaired) electrons. The molecule has 7 nitrogen and oxygen atoms in total. The highest BCUT2D eigenvalue weighted by Gasteiger charge is 2.15. The van der Waals surface area contributed by atoms with Crippen LogP contribution in [0.15, 0.2) is 42.6 Å². The number of nitrogens with one attached hydrogen (secondary N) is 2. The first-order chi connectivity index (χ1) is 15.7. The molecule has 1 saturated heterocycles. The van der Waals surface area contributed by atoms with Crippen LogP contribution >= 0.6 is 11.3 Å². The number of rotatable bonds is 8. The Hall–Kier alpha value is -3.23. The van der Waals surface area contributed by atoms with Crippen molar-refractivity contribution < 1.29 is 9.53 Å². The molecule has 1 aliphatic heterocycles. The number of hydrogen-bond acceptors (Lipinski definition) is 7. The van der Waals surface area contributed by atoms with Gasteiger partial charge in [0.25, 0.3) is 0 Å². The highest BCUT2D eigenvalue weighted by atomic mass is 32.1. The number of anilines is 2. The lowest BCUT2D eigenvalue weighted by atomic mass is 10.2. The Morgan fingerprint density at radius 2 is 2.00 bits per heavy atom. The molecule has 0 spiro atoms. The van der Waals surface area contributed by atoms with Gasteiger partial charge in [0, 0.05) is 23.8 Å². The topological polar surface area (TPSA) is 83.1 Å². The molecule has 1 aliphatic rings. The second-order valence-corrected chi connectivity index (χ2v) is 9.04. The number of aromatic amines is 1. The largest absolute Gasteiger partial charge is 0.492 e. The number of thiophene rings is 1. The van der Waals surface area contributed by atoms with E-state index in [0.29, 0.717) is 12.6 Å². The van der Waals surface area contributed by atoms with Gasteiger partial charge < -0.3 is 15.0 Å². The fraction of sp³-hybridized carbons (Fsp3) is 0.292. The summed E-state index contributed by atoms with van der Waals surface area (Å²) in [6.45, 7) is 5.97. The monoisotopic (exact) mass is 447 g/mol. The molecule has 3 aromatic heterocycles. The van der Waals surface area contributed by atoms with Gasteiger partial charge in [-0.05, 0) is 74.8 Å². The Morgan fingerprint density at radius 3 is 2.75 bits per heavy atom. The molecular formula is C24H25N5O2S. The Balaban J connectivity index is 1.32. The van der Waals surface area contributed by atoms with E-state index in [1.807, 2.05) is 49.5 Å². The summed E-state index contributed by atoms with van der Waals surface area (Å²) in [6, 6.07) is 11.8. The van der Waals surface area contributed by atoms with E-state index in [0.717, 1.165) is 56.3 Å². The second-order valence-electron chi connectivity index (χ2n) is 7.96. The van der Waals surface area contributed by atoms with E-state index in [1.54, 1.807) is 0 Å². The van der Waals surface area contributed by atoms with Gasteiger partial charge in [0.2, 0.25) is 5.95 Å². The zero-order valence-electron chi connectivity index (χ0n) is 17.9. The van der Waals surface area contributed by atoms with E-state index in [1.165, 1.54) is 37.3 Å². The van der Waals surface area contributed by atoms with Gasteiger partial charge in [0.05, 0.1) is 15.4 Å². The zero-order valence-corrected chi connectivity index (χ0v) is 18.7. The van der Waals surface area contributed by atoms with Crippen LogP contribution in [0.4, 0.5) is 11.6 Å². The maximum Gasteiger partial charge on any atom is 0.229 e. The van der Waals surface area contributed by atoms with E-state index >= 15 is 0 Å². The van der Waals surface area contributed by atoms with Crippen molar-refractivity contribution in [2.24, 2.45) is 0 Å². The van der Waals surface area contributed by atoms with Crippen LogP contribution in [0, 0.1) is 6.92 Å². The molecule has 0 unspecified atom stereocenters. The molecule has 2 N–H and O–H groups in total. The lowest BCUT2D eigenvalue weighted by Crippen LogP contribution is -2.25. The SMILES string of the molecule is Cc1cc(-c2nc(Nc3ccc(OCCN4CCCC4)cc3)nc3[nH]ccc23)sc1C=O. The van der Waals surface area contributed by atoms with E-state index < -0.39 is 0 Å². The Morgan fingerprint density at radius 1 is 1.19 bits per heavy atom. The van der Waals surface area contributed by atoms with Crippen molar-refractivity contribution in [1.82, 2.24) is 19.9 Å². The highest BCUT2D eigenvalue weighted by molar-refractivity contribution is 7.17. The predicted molar refractivity (Wildman–Crippen MR) is 128 cm³/mol. The van der Waals surface area contributed by atoms with Gasteiger partial charge in [-0.3, -0.25) is 9.69 Å². The maximum absolute atomic E-state index is 11.3. The summed E-state index contributed by atoms with van der Waals surface area (Å²) in [6.07, 6.45) is 5.33. The third-order valence-electron chi connectivity index (χ3n) is 5.70. The number of likely N-dealkylation sites (tertiary alicyclic amines) is 1. The van der Waals surface area contributed by atoms with Crippen molar-refractivity contribution in [2.45, 2.75) is 19.8 Å². The number of aldehydes is 1. The molecule has 0 saturated carbocycles. The van der Waals surface area contributed by atoms with Crippen LogP contribution in [0.25, 0.3) is 21.6 Å². The summed E-state index contributed by atoms with van der Waals surface area (Å²) in [5, 5.41) is 4.22. The molecule has 0 atom stereocenters. The number of ether oxygens (including phenoxy) is 1. The maximum atomic E-state index is 11.3. The summed E-state index contributed by atoms with van der Waals surface area (Å²) in [7, 11) is 0. The van der Waals surface area contributed by atoms with Gasteiger partial charge in [0.15, 0.2) is 6.29 Å². The number of benzene rings is 1. The minimum atomic E-state index is 0.497. The summed E-state index contributed by atoms with van der Waals surface area (Å²) in [5.74, 6) is 1.35. The number of nitrogens with zero attached hydrogens (tertiary/aromatic N) is 3. The molecule has 1 aromatic carbocycles. The molecular weight excluding hydrogens is 422 g/mol. The van der Waals surface area contributed by atoms with E-state index in [9.17, 15) is 4.79 Å². The standard InChI is InChI=1S/C24H25N5O2S/c1-16-14-20(32-21(16)15-30)22-19-8-9-25-23(19)28-24(27-22)26-17-4-6-18(7-5-17)31-13-12-29-10-2-3-11-29/h4-9,14-15H,2-3,10-13H2,1H3,(H2,25,26,27,28). The Bertz CT molecular complexity index is 1230. The zero-order chi connectivity index (χ0) is 21.9. The lowest BCUT2D eigenvalue weighted by molar-refractivity contribution is 0.112. The lowest BCUT2D eigenvalue weighted by Gasteiger charge is -2.15. The molecule has 0 bridgehead atoms. The van der Waals surface area contributed by atoms with Crippen molar-refractivity contribution >= 4 is 40.3 Å². The molecule has 5 rings (SSSR count). The molecule has 4 aromatic rings. The van der Waals surface area contributed by atoms with Crippen molar-refractivity contribution in [3.05, 3.63) is 53.0 Å². The van der Waals surface area contributed by atoms with Crippen molar-refractivity contribution in [1.29, 1.82) is 0 Å². The van der Waals surface area contributed by atoms with Gasteiger partial charge in [-0.15, -0.1) is 11.3 Å². The van der Waals surface area contributed by atoms with Crippen LogP contribution in [0.1, 0.15) is 28.1 Å². The van der Waals surface area contributed by atoms with Gasteiger partial charge >= 0.3 is 0 Å². The van der Waals surface area contributed by atoms with Gasteiger partial charge in [-0.25, -0.2) is 4.98 Å². The van der Waals surface area contributed by atoms with Crippen molar-refractivity contribution in [2.75, 3.05) is 31.6 Å². The van der Waals surface area contributed by atoms with Crippen molar-refractivity contribution in [3.8, 4) is 16.3 Å². The normalized spacial score (nSPS) is 14.2. The van der Waals surface area contributed by atoms with Crippen molar-refractivity contribution in [3.63, 3.8) is 0 Å². The fourth-order valence-corrected chi connectivity index (χ4v) is 4.97. The summed E-state index contributed by atoms with van der Waals surface area (Å²) < 4.78 is 5.89. The van der Waals surface area contributed by atoms with Crippen LogP contribution in [0.5, 0.6) is 5.75 Å². The quantitative estimate of drug-likeness (QED) is 0.369.